The maximum absolute atomic E-state index is 8.69. The van der Waals surface area contributed by atoms with E-state index in [0.717, 1.165) is 37.1 Å². The Hall–Kier alpha value is -1.34. The van der Waals surface area contributed by atoms with Gasteiger partial charge in [0, 0.05) is 24.2 Å². The van der Waals surface area contributed by atoms with E-state index in [9.17, 15) is 0 Å². The molecule has 5 heteroatoms. The number of nitriles is 1. The number of rotatable bonds is 3. The van der Waals surface area contributed by atoms with Crippen molar-refractivity contribution in [2.45, 2.75) is 45.1 Å². The highest BCUT2D eigenvalue weighted by molar-refractivity contribution is 6.28. The number of nitrogens with one attached hydrogen (secondary N) is 1. The zero-order valence-corrected chi connectivity index (χ0v) is 11.2. The maximum atomic E-state index is 8.69. The second-order valence-electron chi connectivity index (χ2n) is 4.89. The molecule has 1 fully saturated rings. The van der Waals surface area contributed by atoms with Crippen LogP contribution < -0.4 is 5.32 Å². The number of aryl methyl sites for hydroxylation is 1. The molecule has 1 N–H and O–H groups in total. The van der Waals surface area contributed by atoms with Gasteiger partial charge in [0.2, 0.25) is 5.28 Å². The molecule has 1 saturated carbocycles. The van der Waals surface area contributed by atoms with Crippen molar-refractivity contribution in [2.75, 3.05) is 5.32 Å². The van der Waals surface area contributed by atoms with Gasteiger partial charge in [0.15, 0.2) is 0 Å². The predicted molar refractivity (Wildman–Crippen MR) is 71.4 cm³/mol. The third-order valence-electron chi connectivity index (χ3n) is 3.51. The zero-order chi connectivity index (χ0) is 13.0. The van der Waals surface area contributed by atoms with E-state index in [1.807, 2.05) is 6.92 Å². The van der Waals surface area contributed by atoms with Gasteiger partial charge in [-0.2, -0.15) is 5.26 Å². The summed E-state index contributed by atoms with van der Waals surface area (Å²) in [5.74, 6) is 1.40. The quantitative estimate of drug-likeness (QED) is 0.851. The van der Waals surface area contributed by atoms with Crippen molar-refractivity contribution >= 4 is 17.4 Å². The van der Waals surface area contributed by atoms with E-state index in [1.54, 1.807) is 6.20 Å². The lowest BCUT2D eigenvalue weighted by Crippen LogP contribution is -2.26. The van der Waals surface area contributed by atoms with Crippen LogP contribution in [0.3, 0.4) is 0 Å². The van der Waals surface area contributed by atoms with Crippen molar-refractivity contribution in [2.24, 2.45) is 5.92 Å². The maximum Gasteiger partial charge on any atom is 0.224 e. The summed E-state index contributed by atoms with van der Waals surface area (Å²) < 4.78 is 0. The van der Waals surface area contributed by atoms with Gasteiger partial charge < -0.3 is 5.32 Å². The first-order valence-electron chi connectivity index (χ1n) is 6.31. The summed E-state index contributed by atoms with van der Waals surface area (Å²) in [6.07, 6.45) is 6.83. The second kappa shape index (κ2) is 6.01. The van der Waals surface area contributed by atoms with Crippen LogP contribution in [0.2, 0.25) is 5.28 Å². The molecule has 1 heterocycles. The number of halogens is 1. The van der Waals surface area contributed by atoms with Gasteiger partial charge in [-0.25, -0.2) is 9.97 Å². The highest BCUT2D eigenvalue weighted by atomic mass is 35.5. The summed E-state index contributed by atoms with van der Waals surface area (Å²) in [6.45, 7) is 1.97. The molecule has 0 unspecified atom stereocenters. The average Bonchev–Trinajstić information content (AvgIpc) is 2.37. The zero-order valence-electron chi connectivity index (χ0n) is 10.5. The van der Waals surface area contributed by atoms with Crippen LogP contribution in [0.25, 0.3) is 0 Å². The molecule has 0 radical (unpaired) electrons. The van der Waals surface area contributed by atoms with Gasteiger partial charge in [-0.05, 0) is 50.1 Å². The molecule has 0 aliphatic heterocycles. The molecule has 0 bridgehead atoms. The molecule has 2 rings (SSSR count). The van der Waals surface area contributed by atoms with Gasteiger partial charge >= 0.3 is 0 Å². The van der Waals surface area contributed by atoms with Gasteiger partial charge in [-0.3, -0.25) is 0 Å². The van der Waals surface area contributed by atoms with Crippen molar-refractivity contribution in [1.29, 1.82) is 5.26 Å². The van der Waals surface area contributed by atoms with Gasteiger partial charge in [0.25, 0.3) is 0 Å². The molecule has 96 valence electrons. The Morgan fingerprint density at radius 2 is 2.17 bits per heavy atom. The van der Waals surface area contributed by atoms with Crippen LogP contribution in [0.15, 0.2) is 6.20 Å². The minimum Gasteiger partial charge on any atom is -0.367 e. The fourth-order valence-corrected chi connectivity index (χ4v) is 2.53. The number of aromatic nitrogens is 2. The van der Waals surface area contributed by atoms with Gasteiger partial charge in [0.1, 0.15) is 5.82 Å². The summed E-state index contributed by atoms with van der Waals surface area (Å²) in [4.78, 5) is 8.16. The number of nitrogens with zero attached hydrogens (tertiary/aromatic N) is 3. The van der Waals surface area contributed by atoms with Crippen LogP contribution in [-0.2, 0) is 0 Å². The first-order chi connectivity index (χ1) is 8.69. The largest absolute Gasteiger partial charge is 0.367 e. The van der Waals surface area contributed by atoms with E-state index >= 15 is 0 Å². The Kier molecular flexibility index (Phi) is 4.38. The lowest BCUT2D eigenvalue weighted by molar-refractivity contribution is 0.342. The molecule has 0 atom stereocenters. The molecule has 1 aliphatic rings. The highest BCUT2D eigenvalue weighted by Gasteiger charge is 2.21. The Bertz CT molecular complexity index is 447. The molecule has 0 amide bonds. The van der Waals surface area contributed by atoms with Crippen LogP contribution in [0.5, 0.6) is 0 Å². The Morgan fingerprint density at radius 3 is 2.83 bits per heavy atom. The van der Waals surface area contributed by atoms with Crippen molar-refractivity contribution in [1.82, 2.24) is 9.97 Å². The monoisotopic (exact) mass is 264 g/mol. The molecular weight excluding hydrogens is 248 g/mol. The minimum absolute atomic E-state index is 0.279. The Balaban J connectivity index is 1.92. The summed E-state index contributed by atoms with van der Waals surface area (Å²) in [7, 11) is 0. The Labute approximate surface area is 112 Å². The molecular formula is C13H17ClN4. The lowest BCUT2D eigenvalue weighted by Gasteiger charge is -2.28. The predicted octanol–water partition coefficient (Wildman–Crippen LogP) is 3.32. The van der Waals surface area contributed by atoms with Crippen molar-refractivity contribution in [3.8, 4) is 6.07 Å². The smallest absolute Gasteiger partial charge is 0.224 e. The van der Waals surface area contributed by atoms with Gasteiger partial charge in [0.05, 0.1) is 6.07 Å². The van der Waals surface area contributed by atoms with E-state index in [1.165, 1.54) is 0 Å². The van der Waals surface area contributed by atoms with Crippen LogP contribution in [0.4, 0.5) is 5.82 Å². The van der Waals surface area contributed by atoms with E-state index in [2.05, 4.69) is 21.4 Å². The Morgan fingerprint density at radius 1 is 1.44 bits per heavy atom. The first-order valence-corrected chi connectivity index (χ1v) is 6.69. The van der Waals surface area contributed by atoms with E-state index in [-0.39, 0.29) is 5.28 Å². The third-order valence-corrected chi connectivity index (χ3v) is 3.69. The SMILES string of the molecule is Cc1cnc(Cl)nc1NC1CCC(CC#N)CC1. The molecule has 18 heavy (non-hydrogen) atoms. The summed E-state index contributed by atoms with van der Waals surface area (Å²) in [5, 5.41) is 12.4. The molecule has 0 aromatic carbocycles. The fraction of sp³-hybridized carbons (Fsp3) is 0.615. The minimum atomic E-state index is 0.279. The summed E-state index contributed by atoms with van der Waals surface area (Å²) in [6, 6.07) is 2.69. The van der Waals surface area contributed by atoms with E-state index < -0.39 is 0 Å². The van der Waals surface area contributed by atoms with E-state index in [4.69, 9.17) is 16.9 Å². The van der Waals surface area contributed by atoms with Crippen LogP contribution >= 0.6 is 11.6 Å². The van der Waals surface area contributed by atoms with E-state index in [0.29, 0.717) is 18.4 Å². The molecule has 4 nitrogen and oxygen atoms in total. The van der Waals surface area contributed by atoms with Crippen LogP contribution in [0, 0.1) is 24.2 Å². The van der Waals surface area contributed by atoms with Crippen molar-refractivity contribution in [3.63, 3.8) is 0 Å². The number of hydrogen-bond donors (Lipinski definition) is 1. The topological polar surface area (TPSA) is 61.6 Å². The van der Waals surface area contributed by atoms with Crippen molar-refractivity contribution < 1.29 is 0 Å². The van der Waals surface area contributed by atoms with Gasteiger partial charge in [-0.15, -0.1) is 0 Å². The highest BCUT2D eigenvalue weighted by Crippen LogP contribution is 2.28. The standard InChI is InChI=1S/C13H17ClN4/c1-9-8-16-13(14)18-12(9)17-11-4-2-10(3-5-11)6-7-15/h8,10-11H,2-6H2,1H3,(H,16,17,18). The van der Waals surface area contributed by atoms with Gasteiger partial charge in [-0.1, -0.05) is 0 Å². The molecule has 1 aromatic heterocycles. The molecule has 0 saturated heterocycles. The van der Waals surface area contributed by atoms with Crippen LogP contribution in [0.1, 0.15) is 37.7 Å². The summed E-state index contributed by atoms with van der Waals surface area (Å²) >= 11 is 5.80. The summed E-state index contributed by atoms with van der Waals surface area (Å²) in [5.41, 5.74) is 1.01. The lowest BCUT2D eigenvalue weighted by atomic mass is 9.84. The van der Waals surface area contributed by atoms with Crippen molar-refractivity contribution in [3.05, 3.63) is 17.0 Å². The first kappa shape index (κ1) is 13.1. The molecule has 1 aliphatic carbocycles. The average molecular weight is 265 g/mol. The fourth-order valence-electron chi connectivity index (χ4n) is 2.40. The van der Waals surface area contributed by atoms with Crippen LogP contribution in [-0.4, -0.2) is 16.0 Å². The number of anilines is 1. The second-order valence-corrected chi connectivity index (χ2v) is 5.23. The molecule has 0 spiro atoms. The normalized spacial score (nSPS) is 23.4. The number of hydrogen-bond acceptors (Lipinski definition) is 4. The third kappa shape index (κ3) is 3.33. The molecule has 1 aromatic rings.